The van der Waals surface area contributed by atoms with E-state index in [9.17, 15) is 9.59 Å². The van der Waals surface area contributed by atoms with Crippen LogP contribution in [-0.2, 0) is 0 Å². The molecule has 0 fully saturated rings. The molecule has 0 bridgehead atoms. The van der Waals surface area contributed by atoms with Crippen molar-refractivity contribution in [1.82, 2.24) is 0 Å². The van der Waals surface area contributed by atoms with Crippen LogP contribution in [0.5, 0.6) is 0 Å². The van der Waals surface area contributed by atoms with Crippen molar-refractivity contribution in [3.63, 3.8) is 0 Å². The molecule has 0 aromatic heterocycles. The summed E-state index contributed by atoms with van der Waals surface area (Å²) in [5, 5.41) is 18.2. The first-order valence-corrected chi connectivity index (χ1v) is 7.73. The Bertz CT molecular complexity index is 609. The smallest absolute Gasteiger partial charge is 1.00 e. The summed E-state index contributed by atoms with van der Waals surface area (Å²) in [6.45, 7) is 0. The fraction of sp³-hybridized carbons (Fsp3) is 0. The van der Waals surface area contributed by atoms with Crippen LogP contribution in [0.3, 0.4) is 0 Å². The number of hydrogen-bond acceptors (Lipinski definition) is 4. The molecule has 0 aliphatic carbocycles. The van der Waals surface area contributed by atoms with Gasteiger partial charge in [-0.1, -0.05) is 45.9 Å². The number of aromatic carboxylic acids is 2. The van der Waals surface area contributed by atoms with Crippen LogP contribution in [0, 0.1) is 0 Å². The molecule has 0 unspecified atom stereocenters. The second kappa shape index (κ2) is 8.51. The van der Waals surface area contributed by atoms with Gasteiger partial charge in [0.1, 0.15) is 0 Å². The van der Waals surface area contributed by atoms with Crippen LogP contribution in [0.25, 0.3) is 0 Å². The largest absolute Gasteiger partial charge is 1.00 e. The molecule has 2 aromatic rings. The van der Waals surface area contributed by atoms with Gasteiger partial charge < -0.3 is 11.6 Å². The van der Waals surface area contributed by atoms with Crippen LogP contribution in [0.4, 0.5) is 0 Å². The summed E-state index contributed by atoms with van der Waals surface area (Å²) in [5.74, 6) is -2.00. The molecule has 104 valence electrons. The molecular weight excluding hydrogens is 319 g/mol. The van der Waals surface area contributed by atoms with Gasteiger partial charge in [-0.05, 0) is 24.3 Å². The third-order valence-corrected chi connectivity index (χ3v) is 4.94. The maximum absolute atomic E-state index is 11.1. The Morgan fingerprint density at radius 3 is 1.43 bits per heavy atom. The van der Waals surface area contributed by atoms with Crippen molar-refractivity contribution in [2.24, 2.45) is 0 Å². The average molecular weight is 330 g/mol. The Balaban J connectivity index is 0.00000220. The molecule has 0 spiro atoms. The van der Waals surface area contributed by atoms with Crippen molar-refractivity contribution in [1.29, 1.82) is 0 Å². The number of carbonyl (C=O) groups is 2. The summed E-state index contributed by atoms with van der Waals surface area (Å²) in [5.41, 5.74) is 0.413. The van der Waals surface area contributed by atoms with E-state index in [-0.39, 0.29) is 42.1 Å². The van der Waals surface area contributed by atoms with Crippen LogP contribution < -0.4 is 29.6 Å². The quantitative estimate of drug-likeness (QED) is 0.629. The van der Waals surface area contributed by atoms with Gasteiger partial charge in [0, 0.05) is 9.79 Å². The minimum atomic E-state index is -1.000. The first-order valence-electron chi connectivity index (χ1n) is 5.59. The Morgan fingerprint density at radius 1 is 0.762 bits per heavy atom. The Hall–Kier alpha value is -0.920. The van der Waals surface area contributed by atoms with Gasteiger partial charge in [0.25, 0.3) is 0 Å². The first kappa shape index (κ1) is 18.1. The SMILES string of the molecule is O=C(O)c1ccccc1SSc1ccccc1C(=O)O.[H-].[Na+]. The number of benzene rings is 2. The van der Waals surface area contributed by atoms with Crippen LogP contribution in [0.1, 0.15) is 22.1 Å². The standard InChI is InChI=1S/C14H10O4S2.Na.H/c15-13(16)9-5-1-3-7-11(9)19-20-12-8-4-2-6-10(12)14(17)18;;/h1-8H,(H,15,16)(H,17,18);;/q;+1;-1. The van der Waals surface area contributed by atoms with Crippen LogP contribution in [0.2, 0.25) is 0 Å². The van der Waals surface area contributed by atoms with Gasteiger partial charge in [0.15, 0.2) is 0 Å². The van der Waals surface area contributed by atoms with Crippen molar-refractivity contribution < 1.29 is 50.8 Å². The van der Waals surface area contributed by atoms with Gasteiger partial charge in [-0.2, -0.15) is 0 Å². The van der Waals surface area contributed by atoms with E-state index in [2.05, 4.69) is 0 Å². The monoisotopic (exact) mass is 330 g/mol. The summed E-state index contributed by atoms with van der Waals surface area (Å²) in [6.07, 6.45) is 0. The molecule has 0 atom stereocenters. The molecule has 0 saturated carbocycles. The minimum absolute atomic E-state index is 0. The maximum atomic E-state index is 11.1. The second-order valence-corrected chi connectivity index (χ2v) is 5.98. The molecule has 2 aromatic carbocycles. The van der Waals surface area contributed by atoms with Crippen LogP contribution in [0.15, 0.2) is 58.3 Å². The van der Waals surface area contributed by atoms with Gasteiger partial charge in [0.2, 0.25) is 0 Å². The van der Waals surface area contributed by atoms with Crippen LogP contribution in [-0.4, -0.2) is 22.2 Å². The van der Waals surface area contributed by atoms with E-state index in [0.29, 0.717) is 9.79 Å². The third kappa shape index (κ3) is 4.79. The summed E-state index contributed by atoms with van der Waals surface area (Å²) in [7, 11) is 2.47. The first-order chi connectivity index (χ1) is 9.59. The zero-order valence-electron chi connectivity index (χ0n) is 12.1. The molecule has 0 amide bonds. The van der Waals surface area contributed by atoms with E-state index < -0.39 is 11.9 Å². The third-order valence-electron chi connectivity index (χ3n) is 2.46. The molecule has 0 radical (unpaired) electrons. The van der Waals surface area contributed by atoms with E-state index >= 15 is 0 Å². The van der Waals surface area contributed by atoms with E-state index in [0.717, 1.165) is 0 Å². The minimum Gasteiger partial charge on any atom is -1.00 e. The summed E-state index contributed by atoms with van der Waals surface area (Å²) < 4.78 is 0. The molecule has 0 heterocycles. The zero-order chi connectivity index (χ0) is 14.5. The van der Waals surface area contributed by atoms with E-state index in [4.69, 9.17) is 10.2 Å². The molecule has 7 heteroatoms. The fourth-order valence-electron chi connectivity index (χ4n) is 1.52. The topological polar surface area (TPSA) is 74.6 Å². The van der Waals surface area contributed by atoms with Gasteiger partial charge in [-0.25, -0.2) is 9.59 Å². The molecule has 0 aliphatic rings. The van der Waals surface area contributed by atoms with E-state index in [1.807, 2.05) is 0 Å². The number of hydrogen-bond donors (Lipinski definition) is 2. The van der Waals surface area contributed by atoms with E-state index in [1.54, 1.807) is 36.4 Å². The van der Waals surface area contributed by atoms with Crippen molar-refractivity contribution >= 4 is 33.5 Å². The number of rotatable bonds is 5. The summed E-state index contributed by atoms with van der Waals surface area (Å²) >= 11 is 0. The Morgan fingerprint density at radius 2 is 1.10 bits per heavy atom. The molecule has 4 nitrogen and oxygen atoms in total. The molecule has 0 aliphatic heterocycles. The van der Waals surface area contributed by atoms with Gasteiger partial charge in [0.05, 0.1) is 11.1 Å². The molecule has 2 N–H and O–H groups in total. The molecule has 0 saturated heterocycles. The second-order valence-electron chi connectivity index (χ2n) is 3.77. The molecule has 21 heavy (non-hydrogen) atoms. The van der Waals surface area contributed by atoms with Gasteiger partial charge >= 0.3 is 41.5 Å². The van der Waals surface area contributed by atoms with Crippen molar-refractivity contribution in [2.75, 3.05) is 0 Å². The van der Waals surface area contributed by atoms with Crippen molar-refractivity contribution in [2.45, 2.75) is 9.79 Å². The number of carboxylic acids is 2. The van der Waals surface area contributed by atoms with Crippen molar-refractivity contribution in [3.05, 3.63) is 59.7 Å². The summed E-state index contributed by atoms with van der Waals surface area (Å²) in [4.78, 5) is 23.4. The van der Waals surface area contributed by atoms with Crippen LogP contribution >= 0.6 is 21.6 Å². The van der Waals surface area contributed by atoms with Crippen molar-refractivity contribution in [3.8, 4) is 0 Å². The average Bonchev–Trinajstić information content (AvgIpc) is 2.45. The Kier molecular flexibility index (Phi) is 7.34. The molecule has 2 rings (SSSR count). The maximum Gasteiger partial charge on any atom is 1.00 e. The van der Waals surface area contributed by atoms with E-state index in [1.165, 1.54) is 33.7 Å². The van der Waals surface area contributed by atoms with Gasteiger partial charge in [-0.3, -0.25) is 0 Å². The predicted octanol–water partition coefficient (Wildman–Crippen LogP) is 0.999. The zero-order valence-corrected chi connectivity index (χ0v) is 14.8. The normalized spacial score (nSPS) is 9.71. The Labute approximate surface area is 153 Å². The molecular formula is C14H11NaO4S2. The number of carboxylic acid groups (broad SMARTS) is 2. The van der Waals surface area contributed by atoms with Gasteiger partial charge in [-0.15, -0.1) is 0 Å². The predicted molar refractivity (Wildman–Crippen MR) is 79.6 cm³/mol. The fourth-order valence-corrected chi connectivity index (χ4v) is 3.87. The summed E-state index contributed by atoms with van der Waals surface area (Å²) in [6, 6.07) is 13.3.